The number of hydrogen-bond donors (Lipinski definition) is 3. The van der Waals surface area contributed by atoms with Gasteiger partial charge < -0.3 is 15.2 Å². The molecule has 180 valence electrons. The van der Waals surface area contributed by atoms with E-state index in [1.54, 1.807) is 0 Å². The molecular weight excluding hydrogens is 428 g/mol. The number of aliphatic imine (C=N–C) groups is 1. The van der Waals surface area contributed by atoms with Crippen molar-refractivity contribution in [2.75, 3.05) is 26.3 Å². The molecule has 0 aromatic heterocycles. The van der Waals surface area contributed by atoms with E-state index in [0.717, 1.165) is 50.5 Å². The number of hydrazine groups is 1. The van der Waals surface area contributed by atoms with Crippen LogP contribution >= 0.6 is 0 Å². The highest BCUT2D eigenvalue weighted by molar-refractivity contribution is 5.76. The van der Waals surface area contributed by atoms with Crippen LogP contribution in [0, 0.1) is 12.8 Å². The first-order chi connectivity index (χ1) is 16.4. The molecule has 5 rings (SSSR count). The van der Waals surface area contributed by atoms with Gasteiger partial charge in [-0.3, -0.25) is 9.80 Å². The number of carbonyl (C=O) groups is 1. The van der Waals surface area contributed by atoms with E-state index < -0.39 is 12.0 Å². The van der Waals surface area contributed by atoms with Crippen molar-refractivity contribution in [3.8, 4) is 0 Å². The second kappa shape index (κ2) is 9.13. The van der Waals surface area contributed by atoms with Crippen LogP contribution < -0.4 is 10.7 Å². The lowest BCUT2D eigenvalue weighted by Crippen LogP contribution is -2.44. The number of fused-ring (bicyclic) bond motifs is 1. The Hall–Kier alpha value is -2.74. The molecule has 7 heteroatoms. The lowest BCUT2D eigenvalue weighted by molar-refractivity contribution is -0.140. The lowest BCUT2D eigenvalue weighted by Gasteiger charge is -2.35. The van der Waals surface area contributed by atoms with Crippen LogP contribution in [0.4, 0.5) is 0 Å². The van der Waals surface area contributed by atoms with E-state index in [1.807, 2.05) is 5.01 Å². The maximum atomic E-state index is 11.3. The standard InChI is InChI=1S/C27H34N4O3/c1-17-12-18(4-6-22(17)27(2)8-10-34-11-9-27)21-16-30-31-24(21)13-20(14-25(31)28-3)19-5-7-23(26(32)33)29-15-19/h4,6,12-14,19,23,29-30H,3,5,7-11,15-16H2,1-2H3,(H,32,33). The number of ether oxygens (including phenoxy) is 1. The molecule has 7 nitrogen and oxygen atoms in total. The number of nitrogens with one attached hydrogen (secondary N) is 2. The Morgan fingerprint density at radius 3 is 2.71 bits per heavy atom. The van der Waals surface area contributed by atoms with Crippen LogP contribution in [0.5, 0.6) is 0 Å². The average Bonchev–Trinajstić information content (AvgIpc) is 3.28. The van der Waals surface area contributed by atoms with Crippen LogP contribution in [0.1, 0.15) is 49.3 Å². The Morgan fingerprint density at radius 2 is 2.06 bits per heavy atom. The van der Waals surface area contributed by atoms with Gasteiger partial charge in [-0.25, -0.2) is 10.4 Å². The summed E-state index contributed by atoms with van der Waals surface area (Å²) in [6.07, 6.45) is 7.88. The molecule has 2 atom stereocenters. The van der Waals surface area contributed by atoms with Crippen molar-refractivity contribution in [3.63, 3.8) is 0 Å². The third-order valence-electron chi connectivity index (χ3n) is 7.96. The minimum absolute atomic E-state index is 0.168. The van der Waals surface area contributed by atoms with E-state index in [9.17, 15) is 9.90 Å². The minimum atomic E-state index is -0.773. The zero-order valence-electron chi connectivity index (χ0n) is 20.1. The Balaban J connectivity index is 1.46. The third kappa shape index (κ3) is 4.13. The van der Waals surface area contributed by atoms with Crippen molar-refractivity contribution < 1.29 is 14.6 Å². The summed E-state index contributed by atoms with van der Waals surface area (Å²) in [5, 5.41) is 14.5. The van der Waals surface area contributed by atoms with Gasteiger partial charge in [-0.15, -0.1) is 0 Å². The molecule has 4 heterocycles. The van der Waals surface area contributed by atoms with Gasteiger partial charge in [0.15, 0.2) is 0 Å². The number of aliphatic carboxylic acids is 1. The zero-order valence-corrected chi connectivity index (χ0v) is 20.1. The molecule has 4 aliphatic heterocycles. The summed E-state index contributed by atoms with van der Waals surface area (Å²) in [4.78, 5) is 15.6. The molecule has 2 saturated heterocycles. The molecule has 0 bridgehead atoms. The lowest BCUT2D eigenvalue weighted by atomic mass is 9.74. The Labute approximate surface area is 201 Å². The summed E-state index contributed by atoms with van der Waals surface area (Å²) in [5.74, 6) is 0.261. The molecule has 34 heavy (non-hydrogen) atoms. The first-order valence-corrected chi connectivity index (χ1v) is 12.2. The Kier molecular flexibility index (Phi) is 6.18. The molecule has 0 radical (unpaired) electrons. The molecule has 2 fully saturated rings. The molecular formula is C27H34N4O3. The summed E-state index contributed by atoms with van der Waals surface area (Å²) >= 11 is 0. The fourth-order valence-electron chi connectivity index (χ4n) is 5.81. The first kappa shape index (κ1) is 23.0. The molecule has 1 aromatic rings. The van der Waals surface area contributed by atoms with Crippen molar-refractivity contribution >= 4 is 18.3 Å². The van der Waals surface area contributed by atoms with Gasteiger partial charge in [-0.05, 0) is 85.1 Å². The number of carboxylic acid groups (broad SMARTS) is 1. The van der Waals surface area contributed by atoms with E-state index in [2.05, 4.69) is 66.7 Å². The number of allylic oxidation sites excluding steroid dienone is 2. The molecule has 3 N–H and O–H groups in total. The van der Waals surface area contributed by atoms with Crippen LogP contribution in [0.15, 0.2) is 52.4 Å². The number of nitrogens with zero attached hydrogens (tertiary/aromatic N) is 2. The number of benzene rings is 1. The van der Waals surface area contributed by atoms with Crippen LogP contribution in [-0.4, -0.2) is 55.1 Å². The summed E-state index contributed by atoms with van der Waals surface area (Å²) in [6.45, 7) is 11.4. The second-order valence-electron chi connectivity index (χ2n) is 10.1. The van der Waals surface area contributed by atoms with E-state index in [1.165, 1.54) is 27.8 Å². The maximum absolute atomic E-state index is 11.3. The van der Waals surface area contributed by atoms with E-state index in [-0.39, 0.29) is 11.3 Å². The fraction of sp³-hybridized carbons (Fsp3) is 0.481. The summed E-state index contributed by atoms with van der Waals surface area (Å²) in [5.41, 5.74) is 11.1. The predicted octanol–water partition coefficient (Wildman–Crippen LogP) is 3.53. The molecule has 0 saturated carbocycles. The summed E-state index contributed by atoms with van der Waals surface area (Å²) < 4.78 is 5.61. The largest absolute Gasteiger partial charge is 0.480 e. The van der Waals surface area contributed by atoms with E-state index in [4.69, 9.17) is 4.74 Å². The number of piperidine rings is 1. The molecule has 0 spiro atoms. The maximum Gasteiger partial charge on any atom is 0.320 e. The molecule has 1 aromatic carbocycles. The average molecular weight is 463 g/mol. The van der Waals surface area contributed by atoms with Gasteiger partial charge in [0, 0.05) is 31.9 Å². The Morgan fingerprint density at radius 1 is 1.26 bits per heavy atom. The second-order valence-corrected chi connectivity index (χ2v) is 10.1. The molecule has 2 unspecified atom stereocenters. The normalized spacial score (nSPS) is 26.6. The van der Waals surface area contributed by atoms with Gasteiger partial charge in [-0.1, -0.05) is 25.1 Å². The number of carboxylic acids is 1. The highest BCUT2D eigenvalue weighted by atomic mass is 16.5. The van der Waals surface area contributed by atoms with Gasteiger partial charge in [-0.2, -0.15) is 0 Å². The first-order valence-electron chi connectivity index (χ1n) is 12.2. The van der Waals surface area contributed by atoms with Crippen LogP contribution in [0.25, 0.3) is 5.57 Å². The number of hydrogen-bond acceptors (Lipinski definition) is 6. The van der Waals surface area contributed by atoms with Crippen LogP contribution in [0.3, 0.4) is 0 Å². The fourth-order valence-corrected chi connectivity index (χ4v) is 5.81. The quantitative estimate of drug-likeness (QED) is 0.581. The highest BCUT2D eigenvalue weighted by Gasteiger charge is 2.34. The van der Waals surface area contributed by atoms with E-state index >= 15 is 0 Å². The van der Waals surface area contributed by atoms with Crippen molar-refractivity contribution in [3.05, 3.63) is 64.1 Å². The smallest absolute Gasteiger partial charge is 0.320 e. The van der Waals surface area contributed by atoms with Crippen LogP contribution in [0.2, 0.25) is 0 Å². The van der Waals surface area contributed by atoms with Crippen molar-refractivity contribution in [1.82, 2.24) is 15.8 Å². The van der Waals surface area contributed by atoms with Crippen molar-refractivity contribution in [1.29, 1.82) is 0 Å². The van der Waals surface area contributed by atoms with Gasteiger partial charge in [0.25, 0.3) is 0 Å². The molecule has 4 aliphatic rings. The van der Waals surface area contributed by atoms with Crippen molar-refractivity contribution in [2.24, 2.45) is 10.9 Å². The summed E-state index contributed by atoms with van der Waals surface area (Å²) in [7, 11) is 0. The van der Waals surface area contributed by atoms with Gasteiger partial charge in [0.1, 0.15) is 11.9 Å². The SMILES string of the molecule is C=NC1=CC(C2CCC(C(=O)O)NC2)=CC2=C(c3ccc(C4(C)CCOCC4)c(C)c3)CNN12. The summed E-state index contributed by atoms with van der Waals surface area (Å²) in [6, 6.07) is 6.41. The van der Waals surface area contributed by atoms with Crippen LogP contribution in [-0.2, 0) is 14.9 Å². The molecule has 0 amide bonds. The van der Waals surface area contributed by atoms with Gasteiger partial charge in [0.2, 0.25) is 0 Å². The number of aryl methyl sites for hydroxylation is 1. The monoisotopic (exact) mass is 462 g/mol. The van der Waals surface area contributed by atoms with Gasteiger partial charge in [0.05, 0.1) is 5.70 Å². The Bertz CT molecular complexity index is 1090. The topological polar surface area (TPSA) is 86.2 Å². The van der Waals surface area contributed by atoms with Gasteiger partial charge >= 0.3 is 5.97 Å². The third-order valence-corrected chi connectivity index (χ3v) is 7.96. The van der Waals surface area contributed by atoms with Crippen molar-refractivity contribution in [2.45, 2.75) is 51.0 Å². The highest BCUT2D eigenvalue weighted by Crippen LogP contribution is 2.40. The van der Waals surface area contributed by atoms with E-state index in [0.29, 0.717) is 13.0 Å². The minimum Gasteiger partial charge on any atom is -0.480 e. The number of rotatable bonds is 5. The predicted molar refractivity (Wildman–Crippen MR) is 133 cm³/mol. The molecule has 0 aliphatic carbocycles. The zero-order chi connectivity index (χ0) is 23.9.